The van der Waals surface area contributed by atoms with Gasteiger partial charge in [-0.2, -0.15) is 0 Å². The van der Waals surface area contributed by atoms with Crippen LogP contribution in [0.2, 0.25) is 0 Å². The quantitative estimate of drug-likeness (QED) is 0.644. The predicted molar refractivity (Wildman–Crippen MR) is 62.6 cm³/mol. The van der Waals surface area contributed by atoms with E-state index in [1.165, 1.54) is 6.07 Å². The van der Waals surface area contributed by atoms with Gasteiger partial charge in [0.1, 0.15) is 0 Å². The van der Waals surface area contributed by atoms with Gasteiger partial charge in [-0.3, -0.25) is 0 Å². The fourth-order valence-corrected chi connectivity index (χ4v) is 1.50. The van der Waals surface area contributed by atoms with Crippen LogP contribution in [0.25, 0.3) is 0 Å². The molecule has 0 fully saturated rings. The van der Waals surface area contributed by atoms with Gasteiger partial charge in [-0.1, -0.05) is 19.1 Å². The van der Waals surface area contributed by atoms with E-state index in [1.54, 1.807) is 19.2 Å². The zero-order valence-corrected chi connectivity index (χ0v) is 9.73. The lowest BCUT2D eigenvalue weighted by Gasteiger charge is -2.16. The van der Waals surface area contributed by atoms with Crippen molar-refractivity contribution in [3.8, 4) is 11.5 Å². The molecule has 1 rings (SSSR count). The lowest BCUT2D eigenvalue weighted by molar-refractivity contribution is 0.163. The van der Waals surface area contributed by atoms with Crippen LogP contribution in [0.3, 0.4) is 0 Å². The molecule has 0 amide bonds. The number of nitrogens with one attached hydrogen (secondary N) is 1. The first-order valence-corrected chi connectivity index (χ1v) is 5.41. The van der Waals surface area contributed by atoms with E-state index < -0.39 is 0 Å². The smallest absolute Gasteiger partial charge is 0.161 e. The molecule has 0 radical (unpaired) electrons. The first kappa shape index (κ1) is 12.8. The van der Waals surface area contributed by atoms with Gasteiger partial charge in [-0.05, 0) is 12.5 Å². The van der Waals surface area contributed by atoms with Gasteiger partial charge in [0.15, 0.2) is 11.5 Å². The van der Waals surface area contributed by atoms with E-state index in [2.05, 4.69) is 12.2 Å². The van der Waals surface area contributed by atoms with E-state index in [0.717, 1.165) is 6.42 Å². The zero-order valence-electron chi connectivity index (χ0n) is 9.73. The molecule has 0 saturated heterocycles. The Hall–Kier alpha value is -1.26. The molecule has 0 spiro atoms. The minimum absolute atomic E-state index is 0.0535. The number of hydrogen-bond donors (Lipinski definition) is 3. The maximum Gasteiger partial charge on any atom is 0.161 e. The Kier molecular flexibility index (Phi) is 5.08. The molecule has 0 aliphatic rings. The number of para-hydroxylation sites is 1. The van der Waals surface area contributed by atoms with Crippen LogP contribution in [0.4, 0.5) is 0 Å². The molecule has 0 bridgehead atoms. The molecular weight excluding hydrogens is 206 g/mol. The molecule has 0 heterocycles. The van der Waals surface area contributed by atoms with Gasteiger partial charge in [0.05, 0.1) is 6.61 Å². The number of rotatable bonds is 6. The summed E-state index contributed by atoms with van der Waals surface area (Å²) in [5.74, 6) is -0.138. The first-order chi connectivity index (χ1) is 7.69. The Morgan fingerprint density at radius 3 is 2.75 bits per heavy atom. The number of benzene rings is 1. The summed E-state index contributed by atoms with van der Waals surface area (Å²) in [7, 11) is 1.66. The third-order valence-electron chi connectivity index (χ3n) is 2.54. The van der Waals surface area contributed by atoms with E-state index in [0.29, 0.717) is 18.7 Å². The molecule has 0 aromatic heterocycles. The third kappa shape index (κ3) is 3.40. The van der Waals surface area contributed by atoms with Gasteiger partial charge >= 0.3 is 0 Å². The number of hydrogen-bond acceptors (Lipinski definition) is 4. The molecule has 0 aliphatic carbocycles. The molecule has 4 heteroatoms. The number of phenolic OH excluding ortho intramolecular Hbond substituents is 2. The number of aromatic hydroxyl groups is 2. The highest BCUT2D eigenvalue weighted by Crippen LogP contribution is 2.27. The Bertz CT molecular complexity index is 328. The van der Waals surface area contributed by atoms with Gasteiger partial charge in [0.2, 0.25) is 0 Å². The second-order valence-electron chi connectivity index (χ2n) is 3.73. The normalized spacial score (nSPS) is 12.6. The Morgan fingerprint density at radius 1 is 1.38 bits per heavy atom. The van der Waals surface area contributed by atoms with Crippen LogP contribution in [0.1, 0.15) is 18.9 Å². The maximum atomic E-state index is 9.59. The maximum absolute atomic E-state index is 9.59. The van der Waals surface area contributed by atoms with E-state index >= 15 is 0 Å². The SMILES string of the molecule is CCC(COC)NCc1cccc(O)c1O. The predicted octanol–water partition coefficient (Wildman–Crippen LogP) is 1.61. The molecule has 1 atom stereocenters. The molecule has 90 valence electrons. The average molecular weight is 225 g/mol. The van der Waals surface area contributed by atoms with Gasteiger partial charge in [-0.15, -0.1) is 0 Å². The van der Waals surface area contributed by atoms with Crippen molar-refractivity contribution in [1.82, 2.24) is 5.32 Å². The summed E-state index contributed by atoms with van der Waals surface area (Å²) >= 11 is 0. The summed E-state index contributed by atoms with van der Waals surface area (Å²) in [4.78, 5) is 0. The highest BCUT2D eigenvalue weighted by atomic mass is 16.5. The number of phenols is 2. The molecule has 0 saturated carbocycles. The van der Waals surface area contributed by atoms with E-state index in [-0.39, 0.29) is 17.5 Å². The molecule has 4 nitrogen and oxygen atoms in total. The summed E-state index contributed by atoms with van der Waals surface area (Å²) in [6.07, 6.45) is 0.952. The van der Waals surface area contributed by atoms with Crippen LogP contribution in [0, 0.1) is 0 Å². The number of ether oxygens (including phenoxy) is 1. The minimum atomic E-state index is -0.0842. The van der Waals surface area contributed by atoms with Crippen molar-refractivity contribution >= 4 is 0 Å². The van der Waals surface area contributed by atoms with E-state index in [9.17, 15) is 10.2 Å². The van der Waals surface area contributed by atoms with Crippen LogP contribution in [0.15, 0.2) is 18.2 Å². The van der Waals surface area contributed by atoms with Crippen LogP contribution in [0.5, 0.6) is 11.5 Å². The molecule has 3 N–H and O–H groups in total. The summed E-state index contributed by atoms with van der Waals surface area (Å²) < 4.78 is 5.06. The van der Waals surface area contributed by atoms with Gasteiger partial charge in [0.25, 0.3) is 0 Å². The highest BCUT2D eigenvalue weighted by Gasteiger charge is 2.08. The van der Waals surface area contributed by atoms with Gasteiger partial charge in [0, 0.05) is 25.3 Å². The van der Waals surface area contributed by atoms with Gasteiger partial charge < -0.3 is 20.3 Å². The van der Waals surface area contributed by atoms with Crippen LogP contribution in [-0.4, -0.2) is 30.0 Å². The molecule has 1 aromatic carbocycles. The Morgan fingerprint density at radius 2 is 2.12 bits per heavy atom. The standard InChI is InChI=1S/C12H19NO3/c1-3-10(8-16-2)13-7-9-5-4-6-11(14)12(9)15/h4-6,10,13-15H,3,7-8H2,1-2H3. The van der Waals surface area contributed by atoms with Crippen LogP contribution < -0.4 is 5.32 Å². The third-order valence-corrected chi connectivity index (χ3v) is 2.54. The van der Waals surface area contributed by atoms with E-state index in [4.69, 9.17) is 4.74 Å². The van der Waals surface area contributed by atoms with Crippen molar-refractivity contribution in [3.63, 3.8) is 0 Å². The van der Waals surface area contributed by atoms with Crippen molar-refractivity contribution in [2.24, 2.45) is 0 Å². The van der Waals surface area contributed by atoms with Gasteiger partial charge in [-0.25, -0.2) is 0 Å². The number of methoxy groups -OCH3 is 1. The van der Waals surface area contributed by atoms with Crippen LogP contribution in [-0.2, 0) is 11.3 Å². The van der Waals surface area contributed by atoms with Crippen LogP contribution >= 0.6 is 0 Å². The monoisotopic (exact) mass is 225 g/mol. The lowest BCUT2D eigenvalue weighted by Crippen LogP contribution is -2.32. The summed E-state index contributed by atoms with van der Waals surface area (Å²) in [5.41, 5.74) is 0.689. The summed E-state index contributed by atoms with van der Waals surface area (Å²) in [6, 6.07) is 5.21. The van der Waals surface area contributed by atoms with E-state index in [1.807, 2.05) is 0 Å². The fourth-order valence-electron chi connectivity index (χ4n) is 1.50. The zero-order chi connectivity index (χ0) is 12.0. The topological polar surface area (TPSA) is 61.7 Å². The Labute approximate surface area is 95.9 Å². The molecule has 1 unspecified atom stereocenters. The summed E-state index contributed by atoms with van der Waals surface area (Å²) in [5, 5.41) is 22.2. The molecule has 0 aliphatic heterocycles. The highest BCUT2D eigenvalue weighted by molar-refractivity contribution is 5.44. The van der Waals surface area contributed by atoms with Crippen molar-refractivity contribution < 1.29 is 14.9 Å². The van der Waals surface area contributed by atoms with Crippen molar-refractivity contribution in [2.45, 2.75) is 25.9 Å². The largest absolute Gasteiger partial charge is 0.504 e. The minimum Gasteiger partial charge on any atom is -0.504 e. The van der Waals surface area contributed by atoms with Crippen molar-refractivity contribution in [3.05, 3.63) is 23.8 Å². The molecule has 1 aromatic rings. The Balaban J connectivity index is 2.56. The lowest BCUT2D eigenvalue weighted by atomic mass is 10.1. The van der Waals surface area contributed by atoms with Crippen molar-refractivity contribution in [2.75, 3.05) is 13.7 Å². The van der Waals surface area contributed by atoms with Crippen molar-refractivity contribution in [1.29, 1.82) is 0 Å². The molecule has 16 heavy (non-hydrogen) atoms. The molecular formula is C12H19NO3. The second kappa shape index (κ2) is 6.35. The second-order valence-corrected chi connectivity index (χ2v) is 3.73. The summed E-state index contributed by atoms with van der Waals surface area (Å²) in [6.45, 7) is 3.22. The fraction of sp³-hybridized carbons (Fsp3) is 0.500. The average Bonchev–Trinajstić information content (AvgIpc) is 2.29. The first-order valence-electron chi connectivity index (χ1n) is 5.41.